The molecule has 0 aromatic heterocycles. The van der Waals surface area contributed by atoms with Gasteiger partial charge in [-0.2, -0.15) is 0 Å². The van der Waals surface area contributed by atoms with E-state index in [0.717, 1.165) is 21.9 Å². The predicted molar refractivity (Wildman–Crippen MR) is 77.7 cm³/mol. The highest BCUT2D eigenvalue weighted by Gasteiger charge is 2.35. The normalized spacial score (nSPS) is 21.7. The lowest BCUT2D eigenvalue weighted by Crippen LogP contribution is -2.25. The van der Waals surface area contributed by atoms with Gasteiger partial charge < -0.3 is 9.69 Å². The third kappa shape index (κ3) is 3.13. The Hall–Kier alpha value is -1.42. The average molecular weight is 322 g/mol. The molecular weight excluding hydrogens is 306 g/mol. The molecule has 2 rings (SSSR count). The zero-order valence-electron chi connectivity index (χ0n) is 10.8. The molecule has 0 spiro atoms. The number of hydrogen-bond acceptors (Lipinski definition) is 2. The molecule has 1 atom stereocenters. The van der Waals surface area contributed by atoms with Crippen molar-refractivity contribution in [1.29, 1.82) is 0 Å². The third-order valence-corrected chi connectivity index (χ3v) is 3.76. The average Bonchev–Trinajstić information content (AvgIpc) is 2.68. The van der Waals surface area contributed by atoms with Gasteiger partial charge in [0.25, 0.3) is 5.91 Å². The van der Waals surface area contributed by atoms with Crippen LogP contribution in [0.3, 0.4) is 0 Å². The molecule has 1 aromatic rings. The zero-order chi connectivity index (χ0) is 13.8. The van der Waals surface area contributed by atoms with Gasteiger partial charge in [-0.25, -0.2) is 0 Å². The predicted octanol–water partition coefficient (Wildman–Crippen LogP) is 2.90. The summed E-state index contributed by atoms with van der Waals surface area (Å²) in [7, 11) is 0. The quantitative estimate of drug-likeness (QED) is 0.631. The van der Waals surface area contributed by atoms with E-state index >= 15 is 0 Å². The van der Waals surface area contributed by atoms with Crippen molar-refractivity contribution in [2.45, 2.75) is 19.9 Å². The molecule has 0 N–H and O–H groups in total. The smallest absolute Gasteiger partial charge is 0.251 e. The first-order valence-corrected chi connectivity index (χ1v) is 7.06. The molecule has 1 unspecified atom stereocenters. The van der Waals surface area contributed by atoms with Gasteiger partial charge in [0.1, 0.15) is 6.29 Å². The van der Waals surface area contributed by atoms with Gasteiger partial charge in [-0.15, -0.1) is 0 Å². The maximum atomic E-state index is 12.4. The number of halogens is 1. The van der Waals surface area contributed by atoms with E-state index in [4.69, 9.17) is 0 Å². The van der Waals surface area contributed by atoms with Crippen molar-refractivity contribution in [2.24, 2.45) is 5.92 Å². The Morgan fingerprint density at radius 3 is 2.68 bits per heavy atom. The number of carbonyl (C=O) groups is 2. The molecule has 1 aliphatic heterocycles. The standard InChI is InChI=1S/C15H16BrNO2/c1-11(16)14-13(7-8-18)10-17(15(14)19)9-12-5-3-2-4-6-12/h2-6,8,13H,7,9-10H2,1H3/b14-11-. The lowest BCUT2D eigenvalue weighted by atomic mass is 9.99. The van der Waals surface area contributed by atoms with E-state index in [0.29, 0.717) is 19.5 Å². The molecule has 1 aliphatic rings. The minimum absolute atomic E-state index is 0.00749. The number of allylic oxidation sites excluding steroid dienone is 1. The molecule has 1 heterocycles. The fourth-order valence-electron chi connectivity index (χ4n) is 2.46. The Bertz CT molecular complexity index is 506. The van der Waals surface area contributed by atoms with Crippen LogP contribution in [-0.2, 0) is 16.1 Å². The van der Waals surface area contributed by atoms with Crippen LogP contribution in [0.15, 0.2) is 40.4 Å². The highest BCUT2D eigenvalue weighted by atomic mass is 79.9. The van der Waals surface area contributed by atoms with E-state index in [1.165, 1.54) is 0 Å². The monoisotopic (exact) mass is 321 g/mol. The van der Waals surface area contributed by atoms with E-state index in [1.807, 2.05) is 42.2 Å². The third-order valence-electron chi connectivity index (χ3n) is 3.33. The van der Waals surface area contributed by atoms with E-state index in [9.17, 15) is 9.59 Å². The first-order chi connectivity index (χ1) is 9.13. The molecule has 19 heavy (non-hydrogen) atoms. The second kappa shape index (κ2) is 6.15. The minimum Gasteiger partial charge on any atom is -0.334 e. The van der Waals surface area contributed by atoms with Gasteiger partial charge in [-0.3, -0.25) is 4.79 Å². The number of benzene rings is 1. The van der Waals surface area contributed by atoms with Crippen LogP contribution >= 0.6 is 15.9 Å². The van der Waals surface area contributed by atoms with Gasteiger partial charge >= 0.3 is 0 Å². The molecule has 4 heteroatoms. The molecular formula is C15H16BrNO2. The molecule has 1 saturated heterocycles. The summed E-state index contributed by atoms with van der Waals surface area (Å²) in [5.41, 5.74) is 1.84. The summed E-state index contributed by atoms with van der Waals surface area (Å²) in [6.45, 7) is 3.07. The molecule has 0 bridgehead atoms. The summed E-state index contributed by atoms with van der Waals surface area (Å²) >= 11 is 3.38. The van der Waals surface area contributed by atoms with Crippen molar-refractivity contribution in [3.05, 3.63) is 46.0 Å². The largest absolute Gasteiger partial charge is 0.334 e. The second-order valence-corrected chi connectivity index (χ2v) is 5.91. The highest BCUT2D eigenvalue weighted by Crippen LogP contribution is 2.31. The van der Waals surface area contributed by atoms with E-state index in [2.05, 4.69) is 15.9 Å². The Kier molecular flexibility index (Phi) is 4.53. The van der Waals surface area contributed by atoms with Crippen LogP contribution in [-0.4, -0.2) is 23.6 Å². The molecule has 3 nitrogen and oxygen atoms in total. The van der Waals surface area contributed by atoms with Gasteiger partial charge in [0.2, 0.25) is 0 Å². The first kappa shape index (κ1) is 14.0. The summed E-state index contributed by atoms with van der Waals surface area (Å²) in [4.78, 5) is 24.9. The van der Waals surface area contributed by atoms with Crippen LogP contribution < -0.4 is 0 Å². The lowest BCUT2D eigenvalue weighted by molar-refractivity contribution is -0.125. The zero-order valence-corrected chi connectivity index (χ0v) is 12.4. The lowest BCUT2D eigenvalue weighted by Gasteiger charge is -2.15. The SMILES string of the molecule is C/C(Br)=C1/C(=O)N(Cc2ccccc2)CC1CC=O. The maximum Gasteiger partial charge on any atom is 0.251 e. The van der Waals surface area contributed by atoms with Crippen molar-refractivity contribution < 1.29 is 9.59 Å². The van der Waals surface area contributed by atoms with E-state index in [-0.39, 0.29) is 11.8 Å². The molecule has 0 radical (unpaired) electrons. The number of likely N-dealkylation sites (tertiary alicyclic amines) is 1. The van der Waals surface area contributed by atoms with Gasteiger partial charge in [0.15, 0.2) is 0 Å². The van der Waals surface area contributed by atoms with Gasteiger partial charge in [0.05, 0.1) is 0 Å². The fraction of sp³-hybridized carbons (Fsp3) is 0.333. The fourth-order valence-corrected chi connectivity index (χ4v) is 2.96. The number of nitrogens with zero attached hydrogens (tertiary/aromatic N) is 1. The molecule has 1 amide bonds. The van der Waals surface area contributed by atoms with Crippen LogP contribution in [0.5, 0.6) is 0 Å². The topological polar surface area (TPSA) is 37.4 Å². The number of aldehydes is 1. The Labute approximate surface area is 121 Å². The van der Waals surface area contributed by atoms with E-state index < -0.39 is 0 Å². The second-order valence-electron chi connectivity index (χ2n) is 4.72. The number of rotatable bonds is 4. The minimum atomic E-state index is 0.00749. The van der Waals surface area contributed by atoms with Crippen molar-refractivity contribution >= 4 is 28.1 Å². The summed E-state index contributed by atoms with van der Waals surface area (Å²) in [5, 5.41) is 0. The van der Waals surface area contributed by atoms with Crippen molar-refractivity contribution in [1.82, 2.24) is 4.90 Å². The molecule has 1 aromatic carbocycles. The van der Waals surface area contributed by atoms with Crippen molar-refractivity contribution in [2.75, 3.05) is 6.54 Å². The summed E-state index contributed by atoms with van der Waals surface area (Å²) < 4.78 is 0.833. The maximum absolute atomic E-state index is 12.4. The van der Waals surface area contributed by atoms with Gasteiger partial charge in [-0.1, -0.05) is 46.3 Å². The Balaban J connectivity index is 2.18. The number of hydrogen-bond donors (Lipinski definition) is 0. The van der Waals surface area contributed by atoms with Crippen molar-refractivity contribution in [3.8, 4) is 0 Å². The first-order valence-electron chi connectivity index (χ1n) is 6.26. The van der Waals surface area contributed by atoms with Gasteiger partial charge in [-0.05, 0) is 12.5 Å². The highest BCUT2D eigenvalue weighted by molar-refractivity contribution is 9.11. The summed E-state index contributed by atoms with van der Waals surface area (Å²) in [6, 6.07) is 9.89. The van der Waals surface area contributed by atoms with Crippen molar-refractivity contribution in [3.63, 3.8) is 0 Å². The molecule has 100 valence electrons. The van der Waals surface area contributed by atoms with Crippen LogP contribution in [0, 0.1) is 5.92 Å². The number of carbonyl (C=O) groups excluding carboxylic acids is 2. The van der Waals surface area contributed by atoms with Gasteiger partial charge in [0, 0.05) is 35.5 Å². The Morgan fingerprint density at radius 2 is 2.11 bits per heavy atom. The van der Waals surface area contributed by atoms with Crippen LogP contribution in [0.4, 0.5) is 0 Å². The van der Waals surface area contributed by atoms with Crippen LogP contribution in [0.2, 0.25) is 0 Å². The molecule has 0 saturated carbocycles. The van der Waals surface area contributed by atoms with Crippen LogP contribution in [0.25, 0.3) is 0 Å². The van der Waals surface area contributed by atoms with Crippen LogP contribution in [0.1, 0.15) is 18.9 Å². The summed E-state index contributed by atoms with van der Waals surface area (Å²) in [5.74, 6) is 0.0400. The van der Waals surface area contributed by atoms with E-state index in [1.54, 1.807) is 0 Å². The molecule has 0 aliphatic carbocycles. The molecule has 1 fully saturated rings. The summed E-state index contributed by atoms with van der Waals surface area (Å²) in [6.07, 6.45) is 1.29. The Morgan fingerprint density at radius 1 is 1.42 bits per heavy atom. The number of amides is 1.